The van der Waals surface area contributed by atoms with Crippen molar-refractivity contribution in [2.75, 3.05) is 12.0 Å². The average Bonchev–Trinajstić information content (AvgIpc) is 2.78. The lowest BCUT2D eigenvalue weighted by atomic mass is 9.87. The highest BCUT2D eigenvalue weighted by Crippen LogP contribution is 2.39. The lowest BCUT2D eigenvalue weighted by molar-refractivity contribution is -0.142. The summed E-state index contributed by atoms with van der Waals surface area (Å²) in [4.78, 5) is 23.4. The van der Waals surface area contributed by atoms with Crippen LogP contribution in [0.4, 0.5) is 5.69 Å². The van der Waals surface area contributed by atoms with Crippen LogP contribution in [0.1, 0.15) is 49.1 Å². The molecule has 2 aromatic rings. The van der Waals surface area contributed by atoms with Crippen LogP contribution in [-0.2, 0) is 16.0 Å². The Kier molecular flexibility index (Phi) is 5.93. The fourth-order valence-corrected chi connectivity index (χ4v) is 4.68. The summed E-state index contributed by atoms with van der Waals surface area (Å²) >= 11 is 0. The molecule has 162 valence electrons. The Labute approximate surface area is 182 Å². The third-order valence-electron chi connectivity index (χ3n) is 6.17. The number of esters is 1. The van der Waals surface area contributed by atoms with Gasteiger partial charge in [-0.2, -0.15) is 4.99 Å². The second kappa shape index (κ2) is 8.79. The monoisotopic (exact) mass is 419 g/mol. The van der Waals surface area contributed by atoms with Gasteiger partial charge in [0.05, 0.1) is 13.0 Å². The Morgan fingerprint density at radius 3 is 2.39 bits per heavy atom. The maximum Gasteiger partial charge on any atom is 0.313 e. The largest absolute Gasteiger partial charge is 0.469 e. The van der Waals surface area contributed by atoms with Gasteiger partial charge in [-0.1, -0.05) is 48.9 Å². The molecule has 1 unspecified atom stereocenters. The van der Waals surface area contributed by atoms with Gasteiger partial charge >= 0.3 is 5.97 Å². The molecule has 7 nitrogen and oxygen atoms in total. The summed E-state index contributed by atoms with van der Waals surface area (Å²) in [5.74, 6) is 0.0244. The van der Waals surface area contributed by atoms with Gasteiger partial charge in [0.15, 0.2) is 0 Å². The fourth-order valence-electron chi connectivity index (χ4n) is 4.68. The molecule has 0 radical (unpaired) electrons. The first-order chi connectivity index (χ1) is 15.0. The van der Waals surface area contributed by atoms with Crippen LogP contribution in [-0.4, -0.2) is 30.7 Å². The fraction of sp³-hybridized carbons (Fsp3) is 0.375. The number of rotatable bonds is 5. The number of methoxy groups -OCH3 is 1. The number of benzene rings is 2. The van der Waals surface area contributed by atoms with E-state index in [1.54, 1.807) is 0 Å². The zero-order valence-electron chi connectivity index (χ0n) is 17.8. The van der Waals surface area contributed by atoms with Crippen LogP contribution in [0.2, 0.25) is 0 Å². The van der Waals surface area contributed by atoms with Gasteiger partial charge in [-0.3, -0.25) is 9.69 Å². The smallest absolute Gasteiger partial charge is 0.313 e. The van der Waals surface area contributed by atoms with E-state index >= 15 is 0 Å². The number of ether oxygens (including phenoxy) is 1. The molecular weight excluding hydrogens is 390 g/mol. The quantitative estimate of drug-likeness (QED) is 0.723. The SMILES string of the molecule is COC(=O)C(Cc1ccc(N2C(N)=NC(N)=NC23CCCCC3)cc1)c1ccccc1. The summed E-state index contributed by atoms with van der Waals surface area (Å²) in [5.41, 5.74) is 14.7. The Balaban J connectivity index is 1.60. The molecule has 0 aromatic heterocycles. The summed E-state index contributed by atoms with van der Waals surface area (Å²) in [6, 6.07) is 17.8. The molecule has 4 N–H and O–H groups in total. The van der Waals surface area contributed by atoms with Crippen molar-refractivity contribution in [3.8, 4) is 0 Å². The van der Waals surface area contributed by atoms with Crippen LogP contribution in [0.3, 0.4) is 0 Å². The van der Waals surface area contributed by atoms with Gasteiger partial charge in [0.2, 0.25) is 11.9 Å². The second-order valence-electron chi connectivity index (χ2n) is 8.18. The van der Waals surface area contributed by atoms with Crippen molar-refractivity contribution in [2.24, 2.45) is 21.5 Å². The topological polar surface area (TPSA) is 106 Å². The van der Waals surface area contributed by atoms with Gasteiger partial charge < -0.3 is 16.2 Å². The Morgan fingerprint density at radius 1 is 1.06 bits per heavy atom. The number of aliphatic imine (C=N–C) groups is 2. The number of nitrogens with two attached hydrogens (primary N) is 2. The molecule has 2 aromatic carbocycles. The van der Waals surface area contributed by atoms with Crippen LogP contribution in [0, 0.1) is 0 Å². The lowest BCUT2D eigenvalue weighted by Gasteiger charge is -2.45. The van der Waals surface area contributed by atoms with Gasteiger partial charge in [0.1, 0.15) is 5.66 Å². The zero-order chi connectivity index (χ0) is 21.8. The van der Waals surface area contributed by atoms with Gasteiger partial charge in [-0.05, 0) is 55.4 Å². The number of carbonyl (C=O) groups excluding carboxylic acids is 1. The molecule has 1 aliphatic carbocycles. The average molecular weight is 420 g/mol. The lowest BCUT2D eigenvalue weighted by Crippen LogP contribution is -2.58. The van der Waals surface area contributed by atoms with Crippen LogP contribution < -0.4 is 16.4 Å². The first-order valence-electron chi connectivity index (χ1n) is 10.7. The van der Waals surface area contributed by atoms with Gasteiger partial charge in [0.25, 0.3) is 0 Å². The molecule has 0 amide bonds. The molecule has 1 atom stereocenters. The van der Waals surface area contributed by atoms with Crippen LogP contribution >= 0.6 is 0 Å². The van der Waals surface area contributed by atoms with Crippen LogP contribution in [0.25, 0.3) is 0 Å². The van der Waals surface area contributed by atoms with E-state index in [1.807, 2.05) is 59.5 Å². The molecule has 7 heteroatoms. The minimum absolute atomic E-state index is 0.242. The molecule has 31 heavy (non-hydrogen) atoms. The predicted octanol–water partition coefficient (Wildman–Crippen LogP) is 3.30. The maximum atomic E-state index is 12.4. The van der Waals surface area contributed by atoms with Crippen molar-refractivity contribution < 1.29 is 9.53 Å². The van der Waals surface area contributed by atoms with E-state index in [1.165, 1.54) is 13.5 Å². The molecule has 4 rings (SSSR count). The number of anilines is 1. The van der Waals surface area contributed by atoms with Crippen LogP contribution in [0.5, 0.6) is 0 Å². The highest BCUT2D eigenvalue weighted by Gasteiger charge is 2.42. The summed E-state index contributed by atoms with van der Waals surface area (Å²) in [5, 5.41) is 0. The van der Waals surface area contributed by atoms with E-state index in [0.717, 1.165) is 42.5 Å². The summed E-state index contributed by atoms with van der Waals surface area (Å²) in [7, 11) is 1.43. The third kappa shape index (κ3) is 4.26. The van der Waals surface area contributed by atoms with E-state index in [4.69, 9.17) is 21.2 Å². The first kappa shape index (κ1) is 20.9. The minimum Gasteiger partial charge on any atom is -0.469 e. The van der Waals surface area contributed by atoms with Crippen molar-refractivity contribution in [3.63, 3.8) is 0 Å². The molecule has 0 saturated heterocycles. The number of nitrogens with zero attached hydrogens (tertiary/aromatic N) is 3. The van der Waals surface area contributed by atoms with Crippen LogP contribution in [0.15, 0.2) is 64.6 Å². The number of hydrogen-bond donors (Lipinski definition) is 2. The predicted molar refractivity (Wildman–Crippen MR) is 123 cm³/mol. The van der Waals surface area contributed by atoms with E-state index in [9.17, 15) is 4.79 Å². The van der Waals surface area contributed by atoms with E-state index in [0.29, 0.717) is 12.4 Å². The Bertz CT molecular complexity index is 979. The van der Waals surface area contributed by atoms with Crippen molar-refractivity contribution in [2.45, 2.75) is 50.1 Å². The molecule has 2 aliphatic rings. The normalized spacial score (nSPS) is 18.8. The molecule has 1 fully saturated rings. The maximum absolute atomic E-state index is 12.4. The number of carbonyl (C=O) groups is 1. The van der Waals surface area contributed by atoms with Crippen molar-refractivity contribution in [3.05, 3.63) is 65.7 Å². The summed E-state index contributed by atoms with van der Waals surface area (Å²) in [6.45, 7) is 0. The number of guanidine groups is 2. The number of hydrogen-bond acceptors (Lipinski definition) is 7. The highest BCUT2D eigenvalue weighted by molar-refractivity contribution is 6.05. The first-order valence-corrected chi connectivity index (χ1v) is 10.7. The van der Waals surface area contributed by atoms with Crippen molar-refractivity contribution >= 4 is 23.6 Å². The molecule has 1 heterocycles. The molecule has 1 saturated carbocycles. The third-order valence-corrected chi connectivity index (χ3v) is 6.17. The highest BCUT2D eigenvalue weighted by atomic mass is 16.5. The minimum atomic E-state index is -0.464. The van der Waals surface area contributed by atoms with Gasteiger partial charge in [0, 0.05) is 5.69 Å². The van der Waals surface area contributed by atoms with Crippen molar-refractivity contribution in [1.29, 1.82) is 0 Å². The Hall–Kier alpha value is -3.35. The standard InChI is InChI=1S/C24H29N5O2/c1-31-21(30)20(18-8-4-2-5-9-18)16-17-10-12-19(13-11-17)29-23(26)27-22(25)28-24(29)14-6-3-7-15-24/h2,4-5,8-13,20H,3,6-7,14-16H2,1H3,(H4,25,26,27,28). The van der Waals surface area contributed by atoms with Gasteiger partial charge in [-0.25, -0.2) is 4.99 Å². The summed E-state index contributed by atoms with van der Waals surface area (Å²) in [6.07, 6.45) is 5.69. The van der Waals surface area contributed by atoms with Crippen molar-refractivity contribution in [1.82, 2.24) is 0 Å². The van der Waals surface area contributed by atoms with Gasteiger partial charge in [-0.15, -0.1) is 0 Å². The molecule has 0 bridgehead atoms. The van der Waals surface area contributed by atoms with E-state index < -0.39 is 5.66 Å². The van der Waals surface area contributed by atoms with E-state index in [2.05, 4.69) is 4.99 Å². The van der Waals surface area contributed by atoms with E-state index in [-0.39, 0.29) is 17.8 Å². The second-order valence-corrected chi connectivity index (χ2v) is 8.18. The summed E-state index contributed by atoms with van der Waals surface area (Å²) < 4.78 is 5.05. The molecule has 1 aliphatic heterocycles. The zero-order valence-corrected chi connectivity index (χ0v) is 17.8. The molecule has 1 spiro atoms. The molecular formula is C24H29N5O2. The Morgan fingerprint density at radius 2 is 1.74 bits per heavy atom.